The monoisotopic (exact) mass is 175 g/mol. The van der Waals surface area contributed by atoms with Gasteiger partial charge in [0.25, 0.3) is 0 Å². The molecule has 1 rings (SSSR count). The molecule has 1 aromatic rings. The molecule has 0 amide bonds. The van der Waals surface area contributed by atoms with Crippen LogP contribution in [0.4, 0.5) is 5.95 Å². The van der Waals surface area contributed by atoms with Crippen LogP contribution in [0.2, 0.25) is 0 Å². The minimum Gasteiger partial charge on any atom is -0.359 e. The molecule has 3 nitrogen and oxygen atoms in total. The van der Waals surface area contributed by atoms with Gasteiger partial charge in [0, 0.05) is 7.05 Å². The van der Waals surface area contributed by atoms with Gasteiger partial charge in [0.05, 0.1) is 6.20 Å². The molecule has 8 heavy (non-hydrogen) atoms. The Morgan fingerprint density at radius 3 is 2.88 bits per heavy atom. The summed E-state index contributed by atoms with van der Waals surface area (Å²) in [4.78, 5) is 6.84. The molecule has 2 N–H and O–H groups in total. The highest BCUT2D eigenvalue weighted by Crippen LogP contribution is 2.06. The summed E-state index contributed by atoms with van der Waals surface area (Å²) in [7, 11) is 1.81. The van der Waals surface area contributed by atoms with Crippen LogP contribution in [0.1, 0.15) is 0 Å². The molecule has 0 spiro atoms. The number of anilines is 1. The second-order valence-electron chi connectivity index (χ2n) is 1.33. The first-order chi connectivity index (χ1) is 3.83. The summed E-state index contributed by atoms with van der Waals surface area (Å²) in [5.74, 6) is 0.775. The summed E-state index contributed by atoms with van der Waals surface area (Å²) in [5.41, 5.74) is 0. The molecular weight excluding hydrogens is 170 g/mol. The number of rotatable bonds is 1. The van der Waals surface area contributed by atoms with Crippen molar-refractivity contribution in [3.05, 3.63) is 10.8 Å². The van der Waals surface area contributed by atoms with Crippen LogP contribution in [-0.4, -0.2) is 17.0 Å². The molecule has 4 heteroatoms. The lowest BCUT2D eigenvalue weighted by molar-refractivity contribution is 1.25. The van der Waals surface area contributed by atoms with E-state index in [9.17, 15) is 0 Å². The number of imidazole rings is 1. The van der Waals surface area contributed by atoms with E-state index in [2.05, 4.69) is 31.2 Å². The lowest BCUT2D eigenvalue weighted by Gasteiger charge is -1.86. The van der Waals surface area contributed by atoms with Crippen molar-refractivity contribution in [1.29, 1.82) is 0 Å². The van der Waals surface area contributed by atoms with Crippen molar-refractivity contribution in [2.45, 2.75) is 0 Å². The van der Waals surface area contributed by atoms with Gasteiger partial charge in [-0.3, -0.25) is 0 Å². The zero-order valence-electron chi connectivity index (χ0n) is 4.40. The topological polar surface area (TPSA) is 40.7 Å². The lowest BCUT2D eigenvalue weighted by atomic mass is 11.0. The Labute approximate surface area is 55.6 Å². The molecule has 0 radical (unpaired) electrons. The second kappa shape index (κ2) is 2.17. The molecular formula is C4H6BrN3. The number of aromatic amines is 1. The van der Waals surface area contributed by atoms with Crippen molar-refractivity contribution in [2.75, 3.05) is 12.4 Å². The third-order valence-corrected chi connectivity index (χ3v) is 1.18. The first-order valence-electron chi connectivity index (χ1n) is 2.21. The largest absolute Gasteiger partial charge is 0.359 e. The van der Waals surface area contributed by atoms with Gasteiger partial charge in [-0.05, 0) is 15.9 Å². The van der Waals surface area contributed by atoms with Gasteiger partial charge in [-0.1, -0.05) is 0 Å². The molecule has 0 aliphatic carbocycles. The SMILES string of the molecule is CNc1ncc(Br)[nH]1. The van der Waals surface area contributed by atoms with E-state index in [-0.39, 0.29) is 0 Å². The molecule has 0 aliphatic heterocycles. The molecule has 1 heterocycles. The smallest absolute Gasteiger partial charge is 0.200 e. The maximum absolute atomic E-state index is 3.92. The molecule has 0 atom stereocenters. The highest BCUT2D eigenvalue weighted by Gasteiger charge is 1.89. The summed E-state index contributed by atoms with van der Waals surface area (Å²) in [6.45, 7) is 0. The van der Waals surface area contributed by atoms with Gasteiger partial charge in [-0.2, -0.15) is 0 Å². The molecule has 0 bridgehead atoms. The first-order valence-corrected chi connectivity index (χ1v) is 3.00. The summed E-state index contributed by atoms with van der Waals surface area (Å²) >= 11 is 3.21. The average Bonchev–Trinajstić information content (AvgIpc) is 2.14. The summed E-state index contributed by atoms with van der Waals surface area (Å²) in [6.07, 6.45) is 1.70. The highest BCUT2D eigenvalue weighted by molar-refractivity contribution is 9.10. The summed E-state index contributed by atoms with van der Waals surface area (Å²) < 4.78 is 0.891. The second-order valence-corrected chi connectivity index (χ2v) is 2.18. The Balaban J connectivity index is 2.84. The van der Waals surface area contributed by atoms with Crippen LogP contribution in [0.5, 0.6) is 0 Å². The predicted octanol–water partition coefficient (Wildman–Crippen LogP) is 1.21. The minimum absolute atomic E-state index is 0.775. The number of H-pyrrole nitrogens is 1. The molecule has 44 valence electrons. The number of nitrogens with zero attached hydrogens (tertiary/aromatic N) is 1. The van der Waals surface area contributed by atoms with E-state index in [1.165, 1.54) is 0 Å². The zero-order valence-corrected chi connectivity index (χ0v) is 5.99. The standard InChI is InChI=1S/C4H6BrN3/c1-6-4-7-2-3(5)8-4/h2H,1H3,(H2,6,7,8). The van der Waals surface area contributed by atoms with E-state index in [1.54, 1.807) is 6.20 Å². The number of hydrogen-bond acceptors (Lipinski definition) is 2. The van der Waals surface area contributed by atoms with Crippen molar-refractivity contribution < 1.29 is 0 Å². The van der Waals surface area contributed by atoms with Gasteiger partial charge in [0.2, 0.25) is 5.95 Å². The van der Waals surface area contributed by atoms with E-state index in [0.717, 1.165) is 10.6 Å². The van der Waals surface area contributed by atoms with Gasteiger partial charge in [0.1, 0.15) is 4.60 Å². The minimum atomic E-state index is 0.775. The Morgan fingerprint density at radius 1 is 1.88 bits per heavy atom. The van der Waals surface area contributed by atoms with Crippen LogP contribution in [-0.2, 0) is 0 Å². The van der Waals surface area contributed by atoms with E-state index < -0.39 is 0 Å². The molecule has 0 aromatic carbocycles. The number of aromatic nitrogens is 2. The quantitative estimate of drug-likeness (QED) is 0.675. The number of halogens is 1. The van der Waals surface area contributed by atoms with Crippen LogP contribution in [0.25, 0.3) is 0 Å². The van der Waals surface area contributed by atoms with Gasteiger partial charge in [0.15, 0.2) is 0 Å². The van der Waals surface area contributed by atoms with Crippen molar-refractivity contribution >= 4 is 21.9 Å². The average molecular weight is 176 g/mol. The fraction of sp³-hybridized carbons (Fsp3) is 0.250. The van der Waals surface area contributed by atoms with Crippen LogP contribution in [0.3, 0.4) is 0 Å². The summed E-state index contributed by atoms with van der Waals surface area (Å²) in [6, 6.07) is 0. The van der Waals surface area contributed by atoms with Gasteiger partial charge in [-0.15, -0.1) is 0 Å². The maximum atomic E-state index is 3.92. The first kappa shape index (κ1) is 5.62. The summed E-state index contributed by atoms with van der Waals surface area (Å²) in [5, 5.41) is 2.85. The third-order valence-electron chi connectivity index (χ3n) is 0.782. The third kappa shape index (κ3) is 1.01. The van der Waals surface area contributed by atoms with E-state index >= 15 is 0 Å². The number of nitrogens with one attached hydrogen (secondary N) is 2. The van der Waals surface area contributed by atoms with Crippen molar-refractivity contribution in [3.8, 4) is 0 Å². The van der Waals surface area contributed by atoms with Crippen molar-refractivity contribution in [3.63, 3.8) is 0 Å². The lowest BCUT2D eigenvalue weighted by Crippen LogP contribution is -1.88. The molecule has 0 aliphatic rings. The Kier molecular flexibility index (Phi) is 1.53. The van der Waals surface area contributed by atoms with Gasteiger partial charge in [-0.25, -0.2) is 4.98 Å². The fourth-order valence-electron chi connectivity index (χ4n) is 0.426. The molecule has 1 aromatic heterocycles. The predicted molar refractivity (Wildman–Crippen MR) is 35.8 cm³/mol. The van der Waals surface area contributed by atoms with Crippen LogP contribution >= 0.6 is 15.9 Å². The number of hydrogen-bond donors (Lipinski definition) is 2. The normalized spacial score (nSPS) is 9.25. The van der Waals surface area contributed by atoms with E-state index in [0.29, 0.717) is 0 Å². The molecule has 0 fully saturated rings. The van der Waals surface area contributed by atoms with Crippen LogP contribution < -0.4 is 5.32 Å². The molecule has 0 unspecified atom stereocenters. The Morgan fingerprint density at radius 2 is 2.62 bits per heavy atom. The Hall–Kier alpha value is -0.510. The van der Waals surface area contributed by atoms with E-state index in [1.807, 2.05) is 7.05 Å². The zero-order chi connectivity index (χ0) is 5.98. The van der Waals surface area contributed by atoms with Crippen LogP contribution in [0, 0.1) is 0 Å². The molecule has 0 saturated heterocycles. The Bertz CT molecular complexity index is 172. The highest BCUT2D eigenvalue weighted by atomic mass is 79.9. The van der Waals surface area contributed by atoms with Crippen molar-refractivity contribution in [1.82, 2.24) is 9.97 Å². The van der Waals surface area contributed by atoms with E-state index in [4.69, 9.17) is 0 Å². The van der Waals surface area contributed by atoms with Gasteiger partial charge >= 0.3 is 0 Å². The van der Waals surface area contributed by atoms with Crippen molar-refractivity contribution in [2.24, 2.45) is 0 Å². The van der Waals surface area contributed by atoms with Gasteiger partial charge < -0.3 is 10.3 Å². The van der Waals surface area contributed by atoms with Crippen LogP contribution in [0.15, 0.2) is 10.8 Å². The maximum Gasteiger partial charge on any atom is 0.200 e. The molecule has 0 saturated carbocycles. The fourth-order valence-corrected chi connectivity index (χ4v) is 0.716.